The molecule has 0 aromatic rings. The lowest BCUT2D eigenvalue weighted by molar-refractivity contribution is -0.156. The van der Waals surface area contributed by atoms with Crippen LogP contribution in [0.15, 0.2) is 0 Å². The lowest BCUT2D eigenvalue weighted by Crippen LogP contribution is -2.45. The van der Waals surface area contributed by atoms with E-state index in [9.17, 15) is 10.2 Å². The Labute approximate surface area is 60.6 Å². The van der Waals surface area contributed by atoms with E-state index in [1.54, 1.807) is 6.92 Å². The largest absolute Gasteiger partial charge is 0.390 e. The Kier molecular flexibility index (Phi) is 2.28. The van der Waals surface area contributed by atoms with Crippen LogP contribution in [0.1, 0.15) is 20.3 Å². The lowest BCUT2D eigenvalue weighted by Gasteiger charge is -2.33. The normalized spacial score (nSPS) is 49.2. The molecule has 3 nitrogen and oxygen atoms in total. The Balaban J connectivity index is 2.49. The van der Waals surface area contributed by atoms with Crippen LogP contribution in [0.3, 0.4) is 0 Å². The summed E-state index contributed by atoms with van der Waals surface area (Å²) in [5.74, 6) is 0. The number of hydrogen-bond acceptors (Lipinski definition) is 3. The maximum Gasteiger partial charge on any atom is 0.106 e. The Hall–Kier alpha value is -0.120. The van der Waals surface area contributed by atoms with Crippen LogP contribution in [-0.4, -0.2) is 34.6 Å². The molecule has 0 bridgehead atoms. The van der Waals surface area contributed by atoms with Gasteiger partial charge in [-0.15, -0.1) is 0 Å². The first-order valence-electron chi connectivity index (χ1n) is 3.63. The molecule has 0 aromatic heterocycles. The molecule has 4 atom stereocenters. The fraction of sp³-hybridized carbons (Fsp3) is 1.00. The van der Waals surface area contributed by atoms with Crippen LogP contribution >= 0.6 is 0 Å². The second-order valence-corrected chi connectivity index (χ2v) is 2.95. The third kappa shape index (κ3) is 1.48. The average Bonchev–Trinajstić information content (AvgIpc) is 1.82. The summed E-state index contributed by atoms with van der Waals surface area (Å²) in [6.45, 7) is 3.66. The monoisotopic (exact) mass is 146 g/mol. The molecular formula is C7H14O3. The first-order chi connectivity index (χ1) is 4.61. The van der Waals surface area contributed by atoms with E-state index in [2.05, 4.69) is 0 Å². The Morgan fingerprint density at radius 2 is 1.90 bits per heavy atom. The molecule has 1 rings (SSSR count). The molecular weight excluding hydrogens is 132 g/mol. The van der Waals surface area contributed by atoms with Gasteiger partial charge in [-0.05, 0) is 13.8 Å². The van der Waals surface area contributed by atoms with E-state index in [1.165, 1.54) is 0 Å². The molecule has 10 heavy (non-hydrogen) atoms. The minimum Gasteiger partial charge on any atom is -0.390 e. The highest BCUT2D eigenvalue weighted by Crippen LogP contribution is 2.19. The zero-order valence-corrected chi connectivity index (χ0v) is 6.32. The zero-order chi connectivity index (χ0) is 7.72. The second-order valence-electron chi connectivity index (χ2n) is 2.95. The average molecular weight is 146 g/mol. The molecule has 0 spiro atoms. The predicted octanol–water partition coefficient (Wildman–Crippen LogP) is -0.0945. The van der Waals surface area contributed by atoms with E-state index in [0.717, 1.165) is 0 Å². The molecule has 2 N–H and O–H groups in total. The molecule has 1 saturated heterocycles. The Bertz CT molecular complexity index is 103. The van der Waals surface area contributed by atoms with Crippen molar-refractivity contribution in [2.75, 3.05) is 0 Å². The van der Waals surface area contributed by atoms with Crippen LogP contribution < -0.4 is 0 Å². The Morgan fingerprint density at radius 1 is 1.30 bits per heavy atom. The third-order valence-corrected chi connectivity index (χ3v) is 1.90. The highest BCUT2D eigenvalue weighted by molar-refractivity contribution is 4.80. The molecule has 2 unspecified atom stereocenters. The summed E-state index contributed by atoms with van der Waals surface area (Å²) in [6.07, 6.45) is -0.965. The van der Waals surface area contributed by atoms with Gasteiger partial charge in [0.1, 0.15) is 6.10 Å². The molecule has 0 aromatic carbocycles. The van der Waals surface area contributed by atoms with Crippen molar-refractivity contribution < 1.29 is 14.9 Å². The maximum absolute atomic E-state index is 9.19. The molecule has 0 radical (unpaired) electrons. The van der Waals surface area contributed by atoms with E-state index < -0.39 is 12.2 Å². The predicted molar refractivity (Wildman–Crippen MR) is 36.6 cm³/mol. The summed E-state index contributed by atoms with van der Waals surface area (Å²) < 4.78 is 5.26. The number of rotatable bonds is 0. The van der Waals surface area contributed by atoms with Crippen LogP contribution in [0.25, 0.3) is 0 Å². The van der Waals surface area contributed by atoms with Crippen molar-refractivity contribution in [3.63, 3.8) is 0 Å². The van der Waals surface area contributed by atoms with E-state index in [-0.39, 0.29) is 12.2 Å². The number of ether oxygens (including phenoxy) is 1. The van der Waals surface area contributed by atoms with E-state index >= 15 is 0 Å². The smallest absolute Gasteiger partial charge is 0.106 e. The minimum absolute atomic E-state index is 0.0633. The van der Waals surface area contributed by atoms with Gasteiger partial charge in [0.2, 0.25) is 0 Å². The topological polar surface area (TPSA) is 49.7 Å². The van der Waals surface area contributed by atoms with Gasteiger partial charge in [-0.1, -0.05) is 0 Å². The molecule has 1 aliphatic heterocycles. The molecule has 0 aliphatic carbocycles. The molecule has 3 heteroatoms. The fourth-order valence-corrected chi connectivity index (χ4v) is 1.29. The van der Waals surface area contributed by atoms with E-state index in [4.69, 9.17) is 4.74 Å². The van der Waals surface area contributed by atoms with Gasteiger partial charge < -0.3 is 14.9 Å². The summed E-state index contributed by atoms with van der Waals surface area (Å²) in [4.78, 5) is 0. The summed E-state index contributed by atoms with van der Waals surface area (Å²) >= 11 is 0. The summed E-state index contributed by atoms with van der Waals surface area (Å²) in [7, 11) is 0. The van der Waals surface area contributed by atoms with Crippen LogP contribution in [0.5, 0.6) is 0 Å². The van der Waals surface area contributed by atoms with Gasteiger partial charge >= 0.3 is 0 Å². The minimum atomic E-state index is -0.712. The fourth-order valence-electron chi connectivity index (χ4n) is 1.29. The summed E-state index contributed by atoms with van der Waals surface area (Å²) in [5, 5.41) is 18.4. The van der Waals surface area contributed by atoms with Gasteiger partial charge in [0, 0.05) is 6.42 Å². The first kappa shape index (κ1) is 7.98. The first-order valence-corrected chi connectivity index (χ1v) is 3.63. The van der Waals surface area contributed by atoms with Gasteiger partial charge in [0.15, 0.2) is 0 Å². The van der Waals surface area contributed by atoms with E-state index in [0.29, 0.717) is 6.42 Å². The summed E-state index contributed by atoms with van der Waals surface area (Å²) in [6, 6.07) is 0. The quantitative estimate of drug-likeness (QED) is 0.502. The Morgan fingerprint density at radius 3 is 2.40 bits per heavy atom. The van der Waals surface area contributed by atoms with Crippen molar-refractivity contribution in [1.82, 2.24) is 0 Å². The lowest BCUT2D eigenvalue weighted by atomic mass is 10.00. The molecule has 1 aliphatic rings. The number of aliphatic hydroxyl groups is 2. The SMILES string of the molecule is CC1C[C@H](O)C(O)[C@H](C)O1. The van der Waals surface area contributed by atoms with Crippen LogP contribution in [0, 0.1) is 0 Å². The van der Waals surface area contributed by atoms with Crippen molar-refractivity contribution in [3.05, 3.63) is 0 Å². The third-order valence-electron chi connectivity index (χ3n) is 1.90. The van der Waals surface area contributed by atoms with Crippen LogP contribution in [0.4, 0.5) is 0 Å². The van der Waals surface area contributed by atoms with Gasteiger partial charge in [0.05, 0.1) is 18.3 Å². The highest BCUT2D eigenvalue weighted by Gasteiger charge is 2.31. The number of hydrogen-bond donors (Lipinski definition) is 2. The molecule has 1 fully saturated rings. The number of aliphatic hydroxyl groups excluding tert-OH is 2. The second kappa shape index (κ2) is 2.86. The van der Waals surface area contributed by atoms with Crippen molar-refractivity contribution in [3.8, 4) is 0 Å². The molecule has 60 valence electrons. The van der Waals surface area contributed by atoms with E-state index in [1.807, 2.05) is 6.92 Å². The standard InChI is InChI=1S/C7H14O3/c1-4-3-6(8)7(9)5(2)10-4/h4-9H,3H2,1-2H3/t4?,5-,6-,7?/m0/s1. The van der Waals surface area contributed by atoms with Crippen molar-refractivity contribution >= 4 is 0 Å². The zero-order valence-electron chi connectivity index (χ0n) is 6.32. The molecule has 1 heterocycles. The maximum atomic E-state index is 9.19. The van der Waals surface area contributed by atoms with Crippen LogP contribution in [0.2, 0.25) is 0 Å². The van der Waals surface area contributed by atoms with Gasteiger partial charge in [-0.3, -0.25) is 0 Å². The summed E-state index contributed by atoms with van der Waals surface area (Å²) in [5.41, 5.74) is 0. The van der Waals surface area contributed by atoms with Crippen molar-refractivity contribution in [1.29, 1.82) is 0 Å². The van der Waals surface area contributed by atoms with Gasteiger partial charge in [-0.25, -0.2) is 0 Å². The van der Waals surface area contributed by atoms with Crippen LogP contribution in [-0.2, 0) is 4.74 Å². The van der Waals surface area contributed by atoms with Crippen molar-refractivity contribution in [2.45, 2.75) is 44.7 Å². The van der Waals surface area contributed by atoms with Gasteiger partial charge in [0.25, 0.3) is 0 Å². The van der Waals surface area contributed by atoms with Crippen molar-refractivity contribution in [2.24, 2.45) is 0 Å². The molecule has 0 saturated carbocycles. The van der Waals surface area contributed by atoms with Gasteiger partial charge in [-0.2, -0.15) is 0 Å². The molecule has 0 amide bonds. The highest BCUT2D eigenvalue weighted by atomic mass is 16.5.